The quantitative estimate of drug-likeness (QED) is 0.663. The number of hydrogen-bond donors (Lipinski definition) is 0. The largest absolute Gasteiger partial charge is 0.342 e. The smallest absolute Gasteiger partial charge is 0.232 e. The summed E-state index contributed by atoms with van der Waals surface area (Å²) >= 11 is 0. The highest BCUT2D eigenvalue weighted by atomic mass is 16.2. The van der Waals surface area contributed by atoms with E-state index < -0.39 is 0 Å². The second-order valence-electron chi connectivity index (χ2n) is 7.58. The van der Waals surface area contributed by atoms with Crippen molar-refractivity contribution in [3.8, 4) is 0 Å². The number of allylic oxidation sites excluding steroid dienone is 3. The molecule has 3 atom stereocenters. The molecule has 4 rings (SSSR count). The van der Waals surface area contributed by atoms with Crippen molar-refractivity contribution >= 4 is 5.91 Å². The van der Waals surface area contributed by atoms with E-state index >= 15 is 0 Å². The van der Waals surface area contributed by atoms with Crippen LogP contribution in [0.4, 0.5) is 0 Å². The van der Waals surface area contributed by atoms with Gasteiger partial charge in [-0.3, -0.25) is 4.79 Å². The molecule has 1 amide bonds. The van der Waals surface area contributed by atoms with Gasteiger partial charge in [-0.1, -0.05) is 37.1 Å². The van der Waals surface area contributed by atoms with Gasteiger partial charge in [-0.2, -0.15) is 0 Å². The predicted octanol–water partition coefficient (Wildman–Crippen LogP) is 3.94. The molecule has 2 heteroatoms. The fourth-order valence-corrected chi connectivity index (χ4v) is 4.28. The van der Waals surface area contributed by atoms with E-state index in [1.165, 1.54) is 18.4 Å². The fourth-order valence-electron chi connectivity index (χ4n) is 4.28. The first-order valence-corrected chi connectivity index (χ1v) is 8.16. The molecule has 0 aromatic rings. The molecule has 1 aliphatic heterocycles. The molecule has 3 aliphatic carbocycles. The van der Waals surface area contributed by atoms with Crippen molar-refractivity contribution in [2.45, 2.75) is 52.9 Å². The van der Waals surface area contributed by atoms with Crippen molar-refractivity contribution in [3.05, 3.63) is 23.3 Å². The van der Waals surface area contributed by atoms with Crippen molar-refractivity contribution < 1.29 is 4.79 Å². The van der Waals surface area contributed by atoms with E-state index in [2.05, 4.69) is 37.8 Å². The van der Waals surface area contributed by atoms with Crippen LogP contribution in [0.1, 0.15) is 52.9 Å². The summed E-state index contributed by atoms with van der Waals surface area (Å²) in [5.74, 6) is 1.54. The van der Waals surface area contributed by atoms with Crippen molar-refractivity contribution in [1.29, 1.82) is 0 Å². The molecule has 1 saturated heterocycles. The summed E-state index contributed by atoms with van der Waals surface area (Å²) in [7, 11) is 0. The Morgan fingerprint density at radius 1 is 1.30 bits per heavy atom. The number of carbonyl (C=O) groups is 1. The van der Waals surface area contributed by atoms with E-state index in [0.717, 1.165) is 32.4 Å². The Bertz CT molecular complexity index is 466. The molecule has 110 valence electrons. The van der Waals surface area contributed by atoms with Crippen LogP contribution in [0.15, 0.2) is 23.3 Å². The summed E-state index contributed by atoms with van der Waals surface area (Å²) in [6.07, 6.45) is 10.3. The van der Waals surface area contributed by atoms with Crippen molar-refractivity contribution in [1.82, 2.24) is 4.90 Å². The van der Waals surface area contributed by atoms with Gasteiger partial charge in [-0.25, -0.2) is 0 Å². The lowest BCUT2D eigenvalue weighted by Gasteiger charge is -2.40. The lowest BCUT2D eigenvalue weighted by Crippen LogP contribution is -2.47. The Kier molecular flexibility index (Phi) is 3.51. The van der Waals surface area contributed by atoms with Crippen LogP contribution in [0.25, 0.3) is 0 Å². The molecule has 1 heterocycles. The summed E-state index contributed by atoms with van der Waals surface area (Å²) in [5, 5.41) is 0. The van der Waals surface area contributed by atoms with Gasteiger partial charge in [0.25, 0.3) is 0 Å². The molecular formula is C18H27NO. The van der Waals surface area contributed by atoms with E-state index in [1.807, 2.05) is 0 Å². The molecule has 4 aliphatic rings. The van der Waals surface area contributed by atoms with Gasteiger partial charge in [-0.15, -0.1) is 0 Å². The van der Waals surface area contributed by atoms with E-state index in [9.17, 15) is 4.79 Å². The number of nitrogens with zero attached hydrogens (tertiary/aromatic N) is 1. The van der Waals surface area contributed by atoms with Crippen LogP contribution in [-0.2, 0) is 4.79 Å². The highest BCUT2D eigenvalue weighted by molar-refractivity contribution is 5.85. The summed E-state index contributed by atoms with van der Waals surface area (Å²) in [6.45, 7) is 8.59. The number of fused-ring (bicyclic) bond motifs is 4. The molecule has 2 bridgehead atoms. The highest BCUT2D eigenvalue weighted by Crippen LogP contribution is 2.43. The summed E-state index contributed by atoms with van der Waals surface area (Å²) < 4.78 is 0. The zero-order valence-corrected chi connectivity index (χ0v) is 13.1. The third kappa shape index (κ3) is 2.57. The molecule has 1 saturated carbocycles. The zero-order chi connectivity index (χ0) is 14.3. The minimum atomic E-state index is -0.283. The molecule has 3 unspecified atom stereocenters. The maximum Gasteiger partial charge on any atom is 0.232 e. The molecule has 20 heavy (non-hydrogen) atoms. The standard InChI is InChI=1S/C18H27NO/c1-13-5-4-6-19(12-13)17(20)18(3)10-14(2)7-15-8-16(9-15)11-18/h7,11,13-14H,4-6,8-10,12H2,1-3H3. The van der Waals surface area contributed by atoms with Gasteiger partial charge >= 0.3 is 0 Å². The third-order valence-electron chi connectivity index (χ3n) is 5.13. The van der Waals surface area contributed by atoms with E-state index in [4.69, 9.17) is 0 Å². The maximum absolute atomic E-state index is 13.1. The molecule has 0 aromatic carbocycles. The van der Waals surface area contributed by atoms with Gasteiger partial charge in [0.2, 0.25) is 5.91 Å². The monoisotopic (exact) mass is 273 g/mol. The molecule has 0 radical (unpaired) electrons. The topological polar surface area (TPSA) is 20.3 Å². The fraction of sp³-hybridized carbons (Fsp3) is 0.722. The van der Waals surface area contributed by atoms with Gasteiger partial charge in [0.05, 0.1) is 5.41 Å². The van der Waals surface area contributed by atoms with Crippen LogP contribution in [0.2, 0.25) is 0 Å². The van der Waals surface area contributed by atoms with E-state index in [1.54, 1.807) is 5.57 Å². The number of rotatable bonds is 1. The normalized spacial score (nSPS) is 37.2. The number of likely N-dealkylation sites (tertiary alicyclic amines) is 1. The molecule has 0 N–H and O–H groups in total. The Balaban J connectivity index is 1.81. The predicted molar refractivity (Wildman–Crippen MR) is 82.3 cm³/mol. The summed E-state index contributed by atoms with van der Waals surface area (Å²) in [4.78, 5) is 15.2. The molecular weight excluding hydrogens is 246 g/mol. The first-order valence-electron chi connectivity index (χ1n) is 8.16. The number of amides is 1. The van der Waals surface area contributed by atoms with Crippen LogP contribution in [0, 0.1) is 17.3 Å². The van der Waals surface area contributed by atoms with E-state index in [0.29, 0.717) is 17.7 Å². The molecule has 0 aromatic heterocycles. The zero-order valence-electron chi connectivity index (χ0n) is 13.1. The molecule has 0 spiro atoms. The second-order valence-corrected chi connectivity index (χ2v) is 7.58. The number of hydrogen-bond acceptors (Lipinski definition) is 1. The number of piperidine rings is 1. The maximum atomic E-state index is 13.1. The Labute approximate surface area is 122 Å². The molecule has 2 nitrogen and oxygen atoms in total. The van der Waals surface area contributed by atoms with Gasteiger partial charge < -0.3 is 4.90 Å². The van der Waals surface area contributed by atoms with Crippen molar-refractivity contribution in [3.63, 3.8) is 0 Å². The SMILES string of the molecule is CC1C=C2CC(=CC(C)(C(=O)N3CCCC(C)C3)C1)C2. The van der Waals surface area contributed by atoms with Crippen LogP contribution in [-0.4, -0.2) is 23.9 Å². The van der Waals surface area contributed by atoms with Crippen LogP contribution >= 0.6 is 0 Å². The third-order valence-corrected chi connectivity index (χ3v) is 5.13. The number of carbonyl (C=O) groups excluding carboxylic acids is 1. The minimum Gasteiger partial charge on any atom is -0.342 e. The lowest BCUT2D eigenvalue weighted by molar-refractivity contribution is -0.141. The average molecular weight is 273 g/mol. The molecule has 2 fully saturated rings. The van der Waals surface area contributed by atoms with Crippen molar-refractivity contribution in [2.24, 2.45) is 17.3 Å². The van der Waals surface area contributed by atoms with Gasteiger partial charge in [-0.05, 0) is 50.9 Å². The lowest BCUT2D eigenvalue weighted by atomic mass is 9.70. The first kappa shape index (κ1) is 13.9. The van der Waals surface area contributed by atoms with Gasteiger partial charge in [0.1, 0.15) is 0 Å². The minimum absolute atomic E-state index is 0.283. The van der Waals surface area contributed by atoms with E-state index in [-0.39, 0.29) is 5.41 Å². The highest BCUT2D eigenvalue weighted by Gasteiger charge is 2.39. The van der Waals surface area contributed by atoms with Crippen molar-refractivity contribution in [2.75, 3.05) is 13.1 Å². The summed E-state index contributed by atoms with van der Waals surface area (Å²) in [6, 6.07) is 0. The van der Waals surface area contributed by atoms with Gasteiger partial charge in [0.15, 0.2) is 0 Å². The van der Waals surface area contributed by atoms with Crippen LogP contribution in [0.3, 0.4) is 0 Å². The van der Waals surface area contributed by atoms with Gasteiger partial charge in [0, 0.05) is 13.1 Å². The van der Waals surface area contributed by atoms with Crippen LogP contribution in [0.5, 0.6) is 0 Å². The first-order chi connectivity index (χ1) is 9.46. The Hall–Kier alpha value is -1.05. The Morgan fingerprint density at radius 2 is 2.05 bits per heavy atom. The Morgan fingerprint density at radius 3 is 2.75 bits per heavy atom. The van der Waals surface area contributed by atoms with Crippen LogP contribution < -0.4 is 0 Å². The average Bonchev–Trinajstić information content (AvgIpc) is 2.32. The summed E-state index contributed by atoms with van der Waals surface area (Å²) in [5.41, 5.74) is 2.77. The second kappa shape index (κ2) is 5.05.